The van der Waals surface area contributed by atoms with Crippen LogP contribution in [0.25, 0.3) is 0 Å². The lowest BCUT2D eigenvalue weighted by atomic mass is 9.82. The number of hydrogen-bond acceptors (Lipinski definition) is 2. The van der Waals surface area contributed by atoms with Gasteiger partial charge in [0, 0.05) is 12.0 Å². The Morgan fingerprint density at radius 2 is 2.07 bits per heavy atom. The fourth-order valence-electron chi connectivity index (χ4n) is 2.22. The molecule has 0 aromatic heterocycles. The standard InChI is InChI=1S/C11H21NO2/c1-3-11(6-4-5-7-11)10(14)12-8-9(2)13/h9,13H,3-8H2,1-2H3,(H,12,14)/t9-/m0/s1. The number of amides is 1. The van der Waals surface area contributed by atoms with Crippen LogP contribution in [0, 0.1) is 5.41 Å². The predicted molar refractivity (Wildman–Crippen MR) is 55.9 cm³/mol. The van der Waals surface area contributed by atoms with E-state index in [-0.39, 0.29) is 11.3 Å². The number of carbonyl (C=O) groups is 1. The summed E-state index contributed by atoms with van der Waals surface area (Å²) in [4.78, 5) is 11.9. The van der Waals surface area contributed by atoms with Crippen molar-refractivity contribution in [2.45, 2.75) is 52.1 Å². The Balaban J connectivity index is 2.48. The van der Waals surface area contributed by atoms with Crippen LogP contribution < -0.4 is 5.32 Å². The molecule has 0 aliphatic heterocycles. The number of aliphatic hydroxyl groups is 1. The SMILES string of the molecule is CCC1(C(=O)NC[C@H](C)O)CCCC1. The van der Waals surface area contributed by atoms with Crippen LogP contribution in [0.15, 0.2) is 0 Å². The van der Waals surface area contributed by atoms with Crippen LogP contribution in [0.5, 0.6) is 0 Å². The molecule has 0 aromatic carbocycles. The molecular weight excluding hydrogens is 178 g/mol. The zero-order valence-electron chi connectivity index (χ0n) is 9.18. The highest BCUT2D eigenvalue weighted by Gasteiger charge is 2.38. The van der Waals surface area contributed by atoms with E-state index in [1.807, 2.05) is 0 Å². The molecule has 14 heavy (non-hydrogen) atoms. The lowest BCUT2D eigenvalue weighted by Crippen LogP contribution is -2.41. The summed E-state index contributed by atoms with van der Waals surface area (Å²) >= 11 is 0. The Kier molecular flexibility index (Phi) is 3.93. The molecule has 1 saturated carbocycles. The van der Waals surface area contributed by atoms with E-state index in [9.17, 15) is 4.79 Å². The first kappa shape index (κ1) is 11.5. The van der Waals surface area contributed by atoms with Gasteiger partial charge in [0.25, 0.3) is 0 Å². The van der Waals surface area contributed by atoms with Crippen LogP contribution in [-0.2, 0) is 4.79 Å². The maximum Gasteiger partial charge on any atom is 0.226 e. The summed E-state index contributed by atoms with van der Waals surface area (Å²) < 4.78 is 0. The van der Waals surface area contributed by atoms with Gasteiger partial charge in [0.2, 0.25) is 5.91 Å². The molecule has 2 N–H and O–H groups in total. The maximum absolute atomic E-state index is 11.9. The summed E-state index contributed by atoms with van der Waals surface area (Å²) in [6, 6.07) is 0. The van der Waals surface area contributed by atoms with Gasteiger partial charge in [0.1, 0.15) is 0 Å². The first-order valence-corrected chi connectivity index (χ1v) is 5.57. The second-order valence-corrected chi connectivity index (χ2v) is 4.40. The Morgan fingerprint density at radius 1 is 1.50 bits per heavy atom. The van der Waals surface area contributed by atoms with Crippen molar-refractivity contribution in [3.05, 3.63) is 0 Å². The van der Waals surface area contributed by atoms with Crippen molar-refractivity contribution in [1.82, 2.24) is 5.32 Å². The van der Waals surface area contributed by atoms with E-state index in [2.05, 4.69) is 12.2 Å². The van der Waals surface area contributed by atoms with Gasteiger partial charge in [0.15, 0.2) is 0 Å². The van der Waals surface area contributed by atoms with Gasteiger partial charge in [-0.05, 0) is 26.2 Å². The normalized spacial score (nSPS) is 21.9. The lowest BCUT2D eigenvalue weighted by molar-refractivity contribution is -0.131. The molecule has 1 fully saturated rings. The highest BCUT2D eigenvalue weighted by Crippen LogP contribution is 2.40. The highest BCUT2D eigenvalue weighted by atomic mass is 16.3. The second kappa shape index (κ2) is 4.78. The molecule has 1 aliphatic rings. The summed E-state index contributed by atoms with van der Waals surface area (Å²) in [7, 11) is 0. The lowest BCUT2D eigenvalue weighted by Gasteiger charge is -2.26. The molecule has 0 bridgehead atoms. The number of carbonyl (C=O) groups excluding carboxylic acids is 1. The van der Waals surface area contributed by atoms with Gasteiger partial charge >= 0.3 is 0 Å². The van der Waals surface area contributed by atoms with Gasteiger partial charge in [-0.1, -0.05) is 19.8 Å². The van der Waals surface area contributed by atoms with E-state index in [0.29, 0.717) is 6.54 Å². The van der Waals surface area contributed by atoms with Crippen LogP contribution in [0.2, 0.25) is 0 Å². The van der Waals surface area contributed by atoms with Crippen molar-refractivity contribution in [1.29, 1.82) is 0 Å². The summed E-state index contributed by atoms with van der Waals surface area (Å²) in [5.41, 5.74) is -0.130. The van der Waals surface area contributed by atoms with Crippen molar-refractivity contribution in [2.24, 2.45) is 5.41 Å². The molecule has 3 nitrogen and oxygen atoms in total. The Labute approximate surface area is 85.9 Å². The molecule has 0 saturated heterocycles. The molecule has 3 heteroatoms. The van der Waals surface area contributed by atoms with Gasteiger partial charge in [-0.15, -0.1) is 0 Å². The fourth-order valence-corrected chi connectivity index (χ4v) is 2.22. The second-order valence-electron chi connectivity index (χ2n) is 4.40. The van der Waals surface area contributed by atoms with Crippen molar-refractivity contribution < 1.29 is 9.90 Å². The van der Waals surface area contributed by atoms with E-state index in [1.54, 1.807) is 6.92 Å². The number of hydrogen-bond donors (Lipinski definition) is 2. The van der Waals surface area contributed by atoms with Gasteiger partial charge in [-0.25, -0.2) is 0 Å². The van der Waals surface area contributed by atoms with E-state index in [1.165, 1.54) is 0 Å². The van der Waals surface area contributed by atoms with E-state index >= 15 is 0 Å². The maximum atomic E-state index is 11.9. The van der Waals surface area contributed by atoms with Gasteiger partial charge in [-0.2, -0.15) is 0 Å². The average Bonchev–Trinajstić information content (AvgIpc) is 2.63. The van der Waals surface area contributed by atoms with Crippen LogP contribution in [0.1, 0.15) is 46.0 Å². The minimum Gasteiger partial charge on any atom is -0.392 e. The minimum absolute atomic E-state index is 0.130. The number of nitrogens with one attached hydrogen (secondary N) is 1. The van der Waals surface area contributed by atoms with Gasteiger partial charge in [-0.3, -0.25) is 4.79 Å². The monoisotopic (exact) mass is 199 g/mol. The molecule has 0 heterocycles. The average molecular weight is 199 g/mol. The molecule has 0 spiro atoms. The Morgan fingerprint density at radius 3 is 2.50 bits per heavy atom. The van der Waals surface area contributed by atoms with Gasteiger partial charge in [0.05, 0.1) is 6.10 Å². The molecule has 1 rings (SSSR count). The first-order valence-electron chi connectivity index (χ1n) is 5.57. The van der Waals surface area contributed by atoms with Crippen molar-refractivity contribution >= 4 is 5.91 Å². The summed E-state index contributed by atoms with van der Waals surface area (Å²) in [6.07, 6.45) is 4.81. The smallest absolute Gasteiger partial charge is 0.226 e. The van der Waals surface area contributed by atoms with E-state index in [0.717, 1.165) is 32.1 Å². The molecular formula is C11H21NO2. The minimum atomic E-state index is -0.450. The highest BCUT2D eigenvalue weighted by molar-refractivity contribution is 5.82. The molecule has 82 valence electrons. The summed E-state index contributed by atoms with van der Waals surface area (Å²) in [5.74, 6) is 0.137. The van der Waals surface area contributed by atoms with E-state index < -0.39 is 6.10 Å². The number of aliphatic hydroxyl groups excluding tert-OH is 1. The first-order chi connectivity index (χ1) is 6.60. The van der Waals surface area contributed by atoms with Crippen molar-refractivity contribution in [3.63, 3.8) is 0 Å². The molecule has 1 aliphatic carbocycles. The van der Waals surface area contributed by atoms with Crippen LogP contribution in [0.3, 0.4) is 0 Å². The topological polar surface area (TPSA) is 49.3 Å². The quantitative estimate of drug-likeness (QED) is 0.720. The number of rotatable bonds is 4. The molecule has 1 atom stereocenters. The fraction of sp³-hybridized carbons (Fsp3) is 0.909. The zero-order valence-corrected chi connectivity index (χ0v) is 9.18. The third-order valence-electron chi connectivity index (χ3n) is 3.28. The molecule has 1 amide bonds. The largest absolute Gasteiger partial charge is 0.392 e. The van der Waals surface area contributed by atoms with Crippen LogP contribution in [-0.4, -0.2) is 23.7 Å². The van der Waals surface area contributed by atoms with Crippen molar-refractivity contribution in [3.8, 4) is 0 Å². The summed E-state index contributed by atoms with van der Waals surface area (Å²) in [5, 5.41) is 11.9. The predicted octanol–water partition coefficient (Wildman–Crippen LogP) is 1.45. The Hall–Kier alpha value is -0.570. The zero-order chi connectivity index (χ0) is 10.6. The van der Waals surface area contributed by atoms with Crippen LogP contribution >= 0.6 is 0 Å². The van der Waals surface area contributed by atoms with Crippen molar-refractivity contribution in [2.75, 3.05) is 6.54 Å². The van der Waals surface area contributed by atoms with E-state index in [4.69, 9.17) is 5.11 Å². The third-order valence-corrected chi connectivity index (χ3v) is 3.28. The molecule has 0 aromatic rings. The summed E-state index contributed by atoms with van der Waals surface area (Å²) in [6.45, 7) is 4.14. The Bertz CT molecular complexity index is 195. The third kappa shape index (κ3) is 2.47. The van der Waals surface area contributed by atoms with Gasteiger partial charge < -0.3 is 10.4 Å². The molecule has 0 radical (unpaired) electrons. The van der Waals surface area contributed by atoms with Crippen LogP contribution in [0.4, 0.5) is 0 Å². The molecule has 0 unspecified atom stereocenters.